The predicted molar refractivity (Wildman–Crippen MR) is 102 cm³/mol. The van der Waals surface area contributed by atoms with Crippen molar-refractivity contribution in [2.24, 2.45) is 0 Å². The van der Waals surface area contributed by atoms with Crippen LogP contribution in [0.2, 0.25) is 0 Å². The number of hydrazine groups is 1. The first-order valence-electron chi connectivity index (χ1n) is 9.43. The summed E-state index contributed by atoms with van der Waals surface area (Å²) in [5.41, 5.74) is 1.80. The molecule has 2 saturated heterocycles. The summed E-state index contributed by atoms with van der Waals surface area (Å²) in [4.78, 5) is 25.6. The molecule has 2 fully saturated rings. The molecular weight excluding hydrogens is 358 g/mol. The first-order chi connectivity index (χ1) is 13.7. The zero-order valence-corrected chi connectivity index (χ0v) is 15.5. The van der Waals surface area contributed by atoms with Crippen LogP contribution in [-0.2, 0) is 22.7 Å². The summed E-state index contributed by atoms with van der Waals surface area (Å²) in [6.45, 7) is 1.57. The van der Waals surface area contributed by atoms with Gasteiger partial charge in [0, 0.05) is 13.1 Å². The van der Waals surface area contributed by atoms with Crippen molar-refractivity contribution in [2.45, 2.75) is 31.7 Å². The van der Waals surface area contributed by atoms with Crippen LogP contribution in [0.15, 0.2) is 60.7 Å². The van der Waals surface area contributed by atoms with E-state index in [0.717, 1.165) is 11.1 Å². The van der Waals surface area contributed by atoms with Gasteiger partial charge in [0.1, 0.15) is 13.2 Å². The quantitative estimate of drug-likeness (QED) is 0.882. The molecule has 0 radical (unpaired) electrons. The van der Waals surface area contributed by atoms with E-state index >= 15 is 0 Å². The van der Waals surface area contributed by atoms with Crippen LogP contribution in [0.5, 0.6) is 0 Å². The zero-order chi connectivity index (χ0) is 19.3. The van der Waals surface area contributed by atoms with Gasteiger partial charge in [-0.15, -0.1) is 0 Å². The fraction of sp³-hybridized carbons (Fsp3) is 0.333. The molecule has 7 nitrogen and oxygen atoms in total. The number of amides is 2. The van der Waals surface area contributed by atoms with E-state index < -0.39 is 12.2 Å². The maximum absolute atomic E-state index is 12.8. The SMILES string of the molecule is O=C(OCc1ccccc1)N1[C@@H]2CNC[C@@H](C2)N1C(=O)OCc1ccccc1. The molecule has 0 unspecified atom stereocenters. The minimum absolute atomic E-state index is 0.119. The highest BCUT2D eigenvalue weighted by Gasteiger charge is 2.48. The number of hydrogen-bond acceptors (Lipinski definition) is 5. The monoisotopic (exact) mass is 381 g/mol. The number of rotatable bonds is 4. The lowest BCUT2D eigenvalue weighted by molar-refractivity contribution is -0.0199. The number of hydrogen-bond donors (Lipinski definition) is 1. The highest BCUT2D eigenvalue weighted by atomic mass is 16.6. The molecule has 2 aliphatic rings. The van der Waals surface area contributed by atoms with E-state index in [-0.39, 0.29) is 25.3 Å². The fourth-order valence-electron chi connectivity index (χ4n) is 3.67. The van der Waals surface area contributed by atoms with Gasteiger partial charge in [-0.05, 0) is 17.5 Å². The van der Waals surface area contributed by atoms with Crippen LogP contribution in [-0.4, -0.2) is 47.4 Å². The molecule has 28 heavy (non-hydrogen) atoms. The largest absolute Gasteiger partial charge is 0.443 e. The highest BCUT2D eigenvalue weighted by molar-refractivity contribution is 5.76. The maximum atomic E-state index is 12.8. The lowest BCUT2D eigenvalue weighted by atomic mass is 10.1. The molecule has 1 N–H and O–H groups in total. The second-order valence-corrected chi connectivity index (χ2v) is 6.97. The van der Waals surface area contributed by atoms with Gasteiger partial charge in [0.25, 0.3) is 0 Å². The third-order valence-corrected chi connectivity index (χ3v) is 5.01. The van der Waals surface area contributed by atoms with Gasteiger partial charge in [-0.25, -0.2) is 19.6 Å². The number of nitrogens with zero attached hydrogens (tertiary/aromatic N) is 2. The van der Waals surface area contributed by atoms with Crippen molar-refractivity contribution in [1.29, 1.82) is 0 Å². The van der Waals surface area contributed by atoms with Crippen LogP contribution in [0.25, 0.3) is 0 Å². The average Bonchev–Trinajstić information content (AvgIpc) is 3.01. The summed E-state index contributed by atoms with van der Waals surface area (Å²) in [6.07, 6.45) is -0.345. The highest BCUT2D eigenvalue weighted by Crippen LogP contribution is 2.29. The summed E-state index contributed by atoms with van der Waals surface area (Å²) in [6, 6.07) is 18.7. The molecule has 2 aromatic carbocycles. The van der Waals surface area contributed by atoms with Crippen molar-refractivity contribution in [3.8, 4) is 0 Å². The normalized spacial score (nSPS) is 20.7. The number of piperidine rings is 1. The smallest absolute Gasteiger partial charge is 0.429 e. The number of fused-ring (bicyclic) bond motifs is 2. The van der Waals surface area contributed by atoms with E-state index in [9.17, 15) is 9.59 Å². The number of ether oxygens (including phenoxy) is 2. The van der Waals surface area contributed by atoms with E-state index in [1.807, 2.05) is 60.7 Å². The van der Waals surface area contributed by atoms with Gasteiger partial charge >= 0.3 is 12.2 Å². The van der Waals surface area contributed by atoms with Crippen molar-refractivity contribution in [3.05, 3.63) is 71.8 Å². The molecule has 4 rings (SSSR count). The minimum Gasteiger partial charge on any atom is -0.443 e. The van der Waals surface area contributed by atoms with E-state index in [4.69, 9.17) is 9.47 Å². The number of carbonyl (C=O) groups excluding carboxylic acids is 2. The second-order valence-electron chi connectivity index (χ2n) is 6.97. The zero-order valence-electron chi connectivity index (χ0n) is 15.5. The molecule has 2 bridgehead atoms. The van der Waals surface area contributed by atoms with Crippen LogP contribution in [0.1, 0.15) is 17.5 Å². The van der Waals surface area contributed by atoms with Crippen molar-refractivity contribution < 1.29 is 19.1 Å². The van der Waals surface area contributed by atoms with E-state index in [0.29, 0.717) is 19.5 Å². The van der Waals surface area contributed by atoms with E-state index in [1.54, 1.807) is 0 Å². The summed E-state index contributed by atoms with van der Waals surface area (Å²) >= 11 is 0. The Morgan fingerprint density at radius 2 is 1.21 bits per heavy atom. The Bertz CT molecular complexity index is 747. The molecule has 146 valence electrons. The van der Waals surface area contributed by atoms with E-state index in [2.05, 4.69) is 5.32 Å². The summed E-state index contributed by atoms with van der Waals surface area (Å²) in [5, 5.41) is 6.10. The Balaban J connectivity index is 1.43. The van der Waals surface area contributed by atoms with Gasteiger partial charge in [-0.3, -0.25) is 0 Å². The molecule has 0 spiro atoms. The third kappa shape index (κ3) is 3.94. The molecule has 7 heteroatoms. The molecule has 0 aliphatic carbocycles. The van der Waals surface area contributed by atoms with Crippen LogP contribution < -0.4 is 5.32 Å². The Morgan fingerprint density at radius 3 is 1.64 bits per heavy atom. The minimum atomic E-state index is -0.531. The predicted octanol–water partition coefficient (Wildman–Crippen LogP) is 2.92. The molecule has 2 amide bonds. The van der Waals surface area contributed by atoms with Crippen molar-refractivity contribution in [1.82, 2.24) is 15.3 Å². The summed E-state index contributed by atoms with van der Waals surface area (Å²) in [5.74, 6) is 0. The van der Waals surface area contributed by atoms with Gasteiger partial charge in [0.15, 0.2) is 0 Å². The first-order valence-corrected chi connectivity index (χ1v) is 9.43. The van der Waals surface area contributed by atoms with Crippen LogP contribution >= 0.6 is 0 Å². The molecular formula is C21H23N3O4. The van der Waals surface area contributed by atoms with Gasteiger partial charge in [-0.2, -0.15) is 0 Å². The second kappa shape index (κ2) is 8.31. The fourth-order valence-corrected chi connectivity index (χ4v) is 3.67. The lowest BCUT2D eigenvalue weighted by Crippen LogP contribution is -2.50. The van der Waals surface area contributed by atoms with Crippen LogP contribution in [0.4, 0.5) is 9.59 Å². The molecule has 2 atom stereocenters. The molecule has 2 heterocycles. The molecule has 2 aliphatic heterocycles. The maximum Gasteiger partial charge on any atom is 0.429 e. The van der Waals surface area contributed by atoms with Gasteiger partial charge in [0.05, 0.1) is 12.1 Å². The number of nitrogens with one attached hydrogen (secondary N) is 1. The lowest BCUT2D eigenvalue weighted by Gasteiger charge is -2.30. The topological polar surface area (TPSA) is 71.1 Å². The Kier molecular flexibility index (Phi) is 5.43. The average molecular weight is 381 g/mol. The first kappa shape index (κ1) is 18.3. The van der Waals surface area contributed by atoms with Crippen LogP contribution in [0.3, 0.4) is 0 Å². The van der Waals surface area contributed by atoms with Crippen molar-refractivity contribution >= 4 is 12.2 Å². The number of carbonyl (C=O) groups is 2. The Hall–Kier alpha value is -3.06. The van der Waals surface area contributed by atoms with Gasteiger partial charge < -0.3 is 14.8 Å². The van der Waals surface area contributed by atoms with Gasteiger partial charge in [0.2, 0.25) is 0 Å². The van der Waals surface area contributed by atoms with Crippen molar-refractivity contribution in [3.63, 3.8) is 0 Å². The number of benzene rings is 2. The Morgan fingerprint density at radius 1 is 0.786 bits per heavy atom. The van der Waals surface area contributed by atoms with Gasteiger partial charge in [-0.1, -0.05) is 60.7 Å². The van der Waals surface area contributed by atoms with E-state index in [1.165, 1.54) is 10.0 Å². The molecule has 0 saturated carbocycles. The third-order valence-electron chi connectivity index (χ3n) is 5.01. The molecule has 0 aromatic heterocycles. The van der Waals surface area contributed by atoms with Crippen molar-refractivity contribution in [2.75, 3.05) is 13.1 Å². The summed E-state index contributed by atoms with van der Waals surface area (Å²) in [7, 11) is 0. The molecule has 2 aromatic rings. The van der Waals surface area contributed by atoms with Crippen LogP contribution in [0, 0.1) is 0 Å². The Labute approximate surface area is 163 Å². The standard InChI is InChI=1S/C21H23N3O4/c25-20(27-14-16-7-3-1-4-8-16)23-18-11-19(13-22-12-18)24(23)21(26)28-15-17-9-5-2-6-10-17/h1-10,18-19,22H,11-15H2/t18-,19+. The summed E-state index contributed by atoms with van der Waals surface area (Å²) < 4.78 is 10.9.